The van der Waals surface area contributed by atoms with E-state index in [1.165, 1.54) is 25.3 Å². The fourth-order valence-corrected chi connectivity index (χ4v) is 3.19. The molecule has 0 atom stereocenters. The Bertz CT molecular complexity index is 614. The van der Waals surface area contributed by atoms with Gasteiger partial charge in [0.1, 0.15) is 5.75 Å². The molecular formula is C12H17BrN2O4S. The Morgan fingerprint density at radius 1 is 1.45 bits per heavy atom. The third kappa shape index (κ3) is 3.94. The first-order valence-electron chi connectivity index (χ1n) is 5.73. The molecule has 8 heteroatoms. The first-order valence-corrected chi connectivity index (χ1v) is 8.01. The first kappa shape index (κ1) is 16.9. The predicted octanol–water partition coefficient (Wildman–Crippen LogP) is 1.25. The zero-order valence-electron chi connectivity index (χ0n) is 11.4. The lowest BCUT2D eigenvalue weighted by atomic mass is 9.93. The van der Waals surface area contributed by atoms with Crippen molar-refractivity contribution in [1.82, 2.24) is 4.72 Å². The molecule has 0 heterocycles. The van der Waals surface area contributed by atoms with Crippen LogP contribution in [0.25, 0.3) is 0 Å². The number of sulfonamides is 1. The second kappa shape index (κ2) is 6.11. The maximum absolute atomic E-state index is 12.1. The zero-order chi connectivity index (χ0) is 15.6. The summed E-state index contributed by atoms with van der Waals surface area (Å²) in [5, 5.41) is 0. The minimum absolute atomic E-state index is 0.0745. The fraction of sp³-hybridized carbons (Fsp3) is 0.417. The molecule has 0 aromatic heterocycles. The molecule has 6 nitrogen and oxygen atoms in total. The Hall–Kier alpha value is -1.12. The van der Waals surface area contributed by atoms with Gasteiger partial charge in [-0.15, -0.1) is 0 Å². The smallest absolute Gasteiger partial charge is 0.240 e. The zero-order valence-corrected chi connectivity index (χ0v) is 13.8. The van der Waals surface area contributed by atoms with E-state index in [4.69, 9.17) is 10.5 Å². The Labute approximate surface area is 126 Å². The van der Waals surface area contributed by atoms with Crippen molar-refractivity contribution < 1.29 is 17.9 Å². The van der Waals surface area contributed by atoms with E-state index in [1.807, 2.05) is 0 Å². The summed E-state index contributed by atoms with van der Waals surface area (Å²) in [6.45, 7) is 3.07. The van der Waals surface area contributed by atoms with Gasteiger partial charge < -0.3 is 10.5 Å². The molecule has 20 heavy (non-hydrogen) atoms. The number of carbonyl (C=O) groups is 1. The number of nitrogens with one attached hydrogen (secondary N) is 1. The topological polar surface area (TPSA) is 98.5 Å². The van der Waals surface area contributed by atoms with E-state index in [0.717, 1.165) is 0 Å². The van der Waals surface area contributed by atoms with Crippen molar-refractivity contribution in [3.63, 3.8) is 0 Å². The summed E-state index contributed by atoms with van der Waals surface area (Å²) >= 11 is 3.22. The highest BCUT2D eigenvalue weighted by atomic mass is 79.9. The van der Waals surface area contributed by atoms with Crippen LogP contribution in [-0.4, -0.2) is 28.0 Å². The predicted molar refractivity (Wildman–Crippen MR) is 78.9 cm³/mol. The quantitative estimate of drug-likeness (QED) is 0.793. The van der Waals surface area contributed by atoms with Crippen LogP contribution in [0.5, 0.6) is 5.75 Å². The lowest BCUT2D eigenvalue weighted by Gasteiger charge is -2.20. The van der Waals surface area contributed by atoms with Crippen LogP contribution in [-0.2, 0) is 14.8 Å². The van der Waals surface area contributed by atoms with Crippen LogP contribution in [0.2, 0.25) is 0 Å². The van der Waals surface area contributed by atoms with Gasteiger partial charge in [0.05, 0.1) is 21.9 Å². The van der Waals surface area contributed by atoms with Crippen molar-refractivity contribution in [3.05, 3.63) is 22.7 Å². The van der Waals surface area contributed by atoms with Crippen molar-refractivity contribution in [2.75, 3.05) is 13.7 Å². The number of carbonyl (C=O) groups excluding carboxylic acids is 1. The second-order valence-corrected chi connectivity index (χ2v) is 7.49. The van der Waals surface area contributed by atoms with Crippen molar-refractivity contribution >= 4 is 31.9 Å². The van der Waals surface area contributed by atoms with Crippen LogP contribution in [0.4, 0.5) is 0 Å². The minimum atomic E-state index is -3.72. The highest BCUT2D eigenvalue weighted by Gasteiger charge is 2.27. The summed E-state index contributed by atoms with van der Waals surface area (Å²) in [5.74, 6) is -0.0440. The highest BCUT2D eigenvalue weighted by molar-refractivity contribution is 9.10. The largest absolute Gasteiger partial charge is 0.496 e. The molecule has 1 amide bonds. The van der Waals surface area contributed by atoms with Gasteiger partial charge in [-0.2, -0.15) is 0 Å². The SMILES string of the molecule is COc1ccc(S(=O)(=O)NCC(C)(C)C(N)=O)cc1Br. The van der Waals surface area contributed by atoms with Gasteiger partial charge >= 0.3 is 0 Å². The summed E-state index contributed by atoms with van der Waals surface area (Å²) in [7, 11) is -2.23. The van der Waals surface area contributed by atoms with Crippen LogP contribution < -0.4 is 15.2 Å². The van der Waals surface area contributed by atoms with Crippen LogP contribution in [0.1, 0.15) is 13.8 Å². The molecule has 0 unspecified atom stereocenters. The van der Waals surface area contributed by atoms with Gasteiger partial charge in [-0.05, 0) is 48.0 Å². The van der Waals surface area contributed by atoms with Crippen LogP contribution in [0, 0.1) is 5.41 Å². The standard InChI is InChI=1S/C12H17BrN2O4S/c1-12(2,11(14)16)7-15-20(17,18)8-4-5-10(19-3)9(13)6-8/h4-6,15H,7H2,1-3H3,(H2,14,16). The Kier molecular flexibility index (Phi) is 5.17. The maximum Gasteiger partial charge on any atom is 0.240 e. The monoisotopic (exact) mass is 364 g/mol. The molecule has 1 rings (SSSR count). The van der Waals surface area contributed by atoms with Crippen molar-refractivity contribution in [1.29, 1.82) is 0 Å². The van der Waals surface area contributed by atoms with Gasteiger partial charge in [-0.1, -0.05) is 0 Å². The lowest BCUT2D eigenvalue weighted by Crippen LogP contribution is -2.42. The van der Waals surface area contributed by atoms with Crippen LogP contribution in [0.3, 0.4) is 0 Å². The number of hydrogen-bond donors (Lipinski definition) is 2. The average Bonchev–Trinajstić information content (AvgIpc) is 2.36. The fourth-order valence-electron chi connectivity index (χ4n) is 1.26. The molecule has 1 aromatic carbocycles. The molecule has 0 aliphatic carbocycles. The van der Waals surface area contributed by atoms with Crippen molar-refractivity contribution in [2.24, 2.45) is 11.1 Å². The van der Waals surface area contributed by atoms with Crippen molar-refractivity contribution in [2.45, 2.75) is 18.7 Å². The van der Waals surface area contributed by atoms with E-state index >= 15 is 0 Å². The van der Waals surface area contributed by atoms with Crippen LogP contribution in [0.15, 0.2) is 27.6 Å². The third-order valence-electron chi connectivity index (χ3n) is 2.80. The second-order valence-electron chi connectivity index (χ2n) is 4.87. The summed E-state index contributed by atoms with van der Waals surface area (Å²) in [5.41, 5.74) is 4.24. The minimum Gasteiger partial charge on any atom is -0.496 e. The molecule has 0 aliphatic rings. The van der Waals surface area contributed by atoms with E-state index in [2.05, 4.69) is 20.7 Å². The van der Waals surface area contributed by atoms with Gasteiger partial charge in [0.25, 0.3) is 0 Å². The number of halogens is 1. The molecule has 3 N–H and O–H groups in total. The number of amides is 1. The number of benzene rings is 1. The molecule has 0 radical (unpaired) electrons. The molecule has 0 saturated heterocycles. The Morgan fingerprint density at radius 2 is 2.05 bits per heavy atom. The number of rotatable bonds is 6. The summed E-state index contributed by atoms with van der Waals surface area (Å²) in [4.78, 5) is 11.2. The van der Waals surface area contributed by atoms with E-state index in [0.29, 0.717) is 10.2 Å². The van der Waals surface area contributed by atoms with Gasteiger partial charge in [0.15, 0.2) is 0 Å². The molecule has 0 bridgehead atoms. The molecule has 0 aliphatic heterocycles. The molecule has 0 saturated carbocycles. The molecule has 1 aromatic rings. The molecular weight excluding hydrogens is 348 g/mol. The Morgan fingerprint density at radius 3 is 2.50 bits per heavy atom. The van der Waals surface area contributed by atoms with Gasteiger partial charge in [0, 0.05) is 6.54 Å². The van der Waals surface area contributed by atoms with Gasteiger partial charge in [-0.3, -0.25) is 4.79 Å². The molecule has 0 fully saturated rings. The maximum atomic E-state index is 12.1. The number of primary amides is 1. The van der Waals surface area contributed by atoms with E-state index in [-0.39, 0.29) is 11.4 Å². The molecule has 112 valence electrons. The van der Waals surface area contributed by atoms with Gasteiger partial charge in [-0.25, -0.2) is 13.1 Å². The summed E-state index contributed by atoms with van der Waals surface area (Å²) < 4.78 is 32.2. The highest BCUT2D eigenvalue weighted by Crippen LogP contribution is 2.27. The molecule has 0 spiro atoms. The normalized spacial score (nSPS) is 12.2. The average molecular weight is 365 g/mol. The van der Waals surface area contributed by atoms with E-state index in [9.17, 15) is 13.2 Å². The number of ether oxygens (including phenoxy) is 1. The van der Waals surface area contributed by atoms with E-state index in [1.54, 1.807) is 13.8 Å². The number of methoxy groups -OCH3 is 1. The summed E-state index contributed by atoms with van der Waals surface area (Å²) in [6.07, 6.45) is 0. The van der Waals surface area contributed by atoms with Crippen molar-refractivity contribution in [3.8, 4) is 5.75 Å². The lowest BCUT2D eigenvalue weighted by molar-refractivity contribution is -0.125. The van der Waals surface area contributed by atoms with E-state index < -0.39 is 21.3 Å². The summed E-state index contributed by atoms with van der Waals surface area (Å²) in [6, 6.07) is 4.39. The number of hydrogen-bond acceptors (Lipinski definition) is 4. The third-order valence-corrected chi connectivity index (χ3v) is 4.82. The Balaban J connectivity index is 2.95. The van der Waals surface area contributed by atoms with Gasteiger partial charge in [0.2, 0.25) is 15.9 Å². The first-order chi connectivity index (χ1) is 9.10. The van der Waals surface area contributed by atoms with Crippen LogP contribution >= 0.6 is 15.9 Å². The number of nitrogens with two attached hydrogens (primary N) is 1.